The van der Waals surface area contributed by atoms with Crippen molar-refractivity contribution in [3.63, 3.8) is 0 Å². The summed E-state index contributed by atoms with van der Waals surface area (Å²) >= 11 is 0. The number of benzene rings is 3. The van der Waals surface area contributed by atoms with Gasteiger partial charge in [-0.1, -0.05) is 78.9 Å². The summed E-state index contributed by atoms with van der Waals surface area (Å²) in [7, 11) is 0. The van der Waals surface area contributed by atoms with E-state index in [9.17, 15) is 14.7 Å². The molecular formula is C25H27N3O4. The number of rotatable bonds is 9. The molecule has 3 rings (SSSR count). The van der Waals surface area contributed by atoms with E-state index in [1.54, 1.807) is 30.3 Å². The molecule has 7 heteroatoms. The van der Waals surface area contributed by atoms with E-state index in [-0.39, 0.29) is 13.0 Å². The van der Waals surface area contributed by atoms with E-state index >= 15 is 0 Å². The SMILES string of the molecule is N[C@H](C(=O)NCc1ccccc1)[C@@H](O)[C@H](Cc1ccccc1)NC(=O)Oc1ccccc1. The molecule has 0 heterocycles. The van der Waals surface area contributed by atoms with Crippen molar-refractivity contribution in [3.8, 4) is 5.75 Å². The van der Waals surface area contributed by atoms with Gasteiger partial charge in [0.05, 0.1) is 12.1 Å². The van der Waals surface area contributed by atoms with Gasteiger partial charge < -0.3 is 26.2 Å². The zero-order valence-electron chi connectivity index (χ0n) is 17.6. The van der Waals surface area contributed by atoms with Crippen molar-refractivity contribution >= 4 is 12.0 Å². The second-order valence-corrected chi connectivity index (χ2v) is 7.36. The minimum Gasteiger partial charge on any atom is -0.410 e. The van der Waals surface area contributed by atoms with Gasteiger partial charge in [-0.25, -0.2) is 4.79 Å². The molecule has 0 radical (unpaired) electrons. The van der Waals surface area contributed by atoms with Gasteiger partial charge in [-0.3, -0.25) is 4.79 Å². The molecule has 0 aliphatic carbocycles. The summed E-state index contributed by atoms with van der Waals surface area (Å²) < 4.78 is 5.28. The average Bonchev–Trinajstić information content (AvgIpc) is 2.83. The molecule has 0 saturated carbocycles. The first-order chi connectivity index (χ1) is 15.5. The van der Waals surface area contributed by atoms with Crippen LogP contribution in [0.3, 0.4) is 0 Å². The maximum absolute atomic E-state index is 12.6. The summed E-state index contributed by atoms with van der Waals surface area (Å²) in [4.78, 5) is 25.0. The van der Waals surface area contributed by atoms with Gasteiger partial charge >= 0.3 is 6.09 Å². The Bertz CT molecular complexity index is 984. The number of hydrogen-bond donors (Lipinski definition) is 4. The van der Waals surface area contributed by atoms with Crippen molar-refractivity contribution in [1.29, 1.82) is 0 Å². The van der Waals surface area contributed by atoms with E-state index in [1.807, 2.05) is 60.7 Å². The van der Waals surface area contributed by atoms with Gasteiger partial charge in [0, 0.05) is 6.54 Å². The summed E-state index contributed by atoms with van der Waals surface area (Å²) in [5.41, 5.74) is 7.83. The largest absolute Gasteiger partial charge is 0.412 e. The third kappa shape index (κ3) is 6.94. The quantitative estimate of drug-likeness (QED) is 0.414. The number of aliphatic hydroxyl groups excluding tert-OH is 1. The molecule has 3 aromatic rings. The van der Waals surface area contributed by atoms with E-state index in [1.165, 1.54) is 0 Å². The standard InChI is InChI=1S/C25H27N3O4/c26-22(24(30)27-17-19-12-6-2-7-13-19)23(29)21(16-18-10-4-1-5-11-18)28-25(31)32-20-14-8-3-9-15-20/h1-15,21-23,29H,16-17,26H2,(H,27,30)(H,28,31)/t21-,22-,23-/m0/s1. The lowest BCUT2D eigenvalue weighted by Gasteiger charge is -2.27. The second kappa shape index (κ2) is 11.6. The van der Waals surface area contributed by atoms with Crippen LogP contribution in [0.15, 0.2) is 91.0 Å². The zero-order chi connectivity index (χ0) is 22.8. The molecule has 0 bridgehead atoms. The number of nitrogens with one attached hydrogen (secondary N) is 2. The minimum absolute atomic E-state index is 0.269. The van der Waals surface area contributed by atoms with Crippen molar-refractivity contribution in [2.24, 2.45) is 5.73 Å². The van der Waals surface area contributed by atoms with Gasteiger partial charge in [0.25, 0.3) is 0 Å². The van der Waals surface area contributed by atoms with Crippen molar-refractivity contribution in [1.82, 2.24) is 10.6 Å². The van der Waals surface area contributed by atoms with Crippen LogP contribution in [0.2, 0.25) is 0 Å². The Morgan fingerprint density at radius 3 is 1.97 bits per heavy atom. The van der Waals surface area contributed by atoms with Crippen LogP contribution in [0, 0.1) is 0 Å². The van der Waals surface area contributed by atoms with Crippen molar-refractivity contribution in [2.75, 3.05) is 0 Å². The lowest BCUT2D eigenvalue weighted by molar-refractivity contribution is -0.125. The third-order valence-corrected chi connectivity index (χ3v) is 4.95. The maximum atomic E-state index is 12.6. The molecule has 0 aliphatic rings. The fourth-order valence-corrected chi connectivity index (χ4v) is 3.21. The average molecular weight is 434 g/mol. The van der Waals surface area contributed by atoms with Crippen molar-refractivity contribution in [3.05, 3.63) is 102 Å². The summed E-state index contributed by atoms with van der Waals surface area (Å²) in [5.74, 6) is -0.152. The molecule has 32 heavy (non-hydrogen) atoms. The molecule has 0 aliphatic heterocycles. The molecule has 2 amide bonds. The fraction of sp³-hybridized carbons (Fsp3) is 0.200. The number of aliphatic hydroxyl groups is 1. The number of hydrogen-bond acceptors (Lipinski definition) is 5. The summed E-state index contributed by atoms with van der Waals surface area (Å²) in [6, 6.07) is 25.2. The van der Waals surface area contributed by atoms with Crippen LogP contribution in [0.4, 0.5) is 4.79 Å². The Hall–Kier alpha value is -3.68. The molecule has 166 valence electrons. The highest BCUT2D eigenvalue weighted by Gasteiger charge is 2.31. The lowest BCUT2D eigenvalue weighted by Crippen LogP contribution is -2.57. The van der Waals surface area contributed by atoms with Crippen LogP contribution in [0.25, 0.3) is 0 Å². The van der Waals surface area contributed by atoms with Crippen LogP contribution in [0.1, 0.15) is 11.1 Å². The highest BCUT2D eigenvalue weighted by molar-refractivity contribution is 5.82. The number of para-hydroxylation sites is 1. The molecule has 0 spiro atoms. The Balaban J connectivity index is 1.66. The van der Waals surface area contributed by atoms with E-state index < -0.39 is 30.2 Å². The number of nitrogens with two attached hydrogens (primary N) is 1. The first kappa shape index (κ1) is 23.0. The molecule has 3 aromatic carbocycles. The number of ether oxygens (including phenoxy) is 1. The summed E-state index contributed by atoms with van der Waals surface area (Å²) in [6.45, 7) is 0.285. The van der Waals surface area contributed by atoms with Gasteiger partial charge in [-0.05, 0) is 29.7 Å². The van der Waals surface area contributed by atoms with Gasteiger partial charge in [0.15, 0.2) is 0 Å². The predicted octanol–water partition coefficient (Wildman–Crippen LogP) is 2.39. The first-order valence-electron chi connectivity index (χ1n) is 10.4. The van der Waals surface area contributed by atoms with Gasteiger partial charge in [-0.15, -0.1) is 0 Å². The number of carbonyl (C=O) groups is 2. The topological polar surface area (TPSA) is 114 Å². The van der Waals surface area contributed by atoms with E-state index in [4.69, 9.17) is 10.5 Å². The van der Waals surface area contributed by atoms with Crippen molar-refractivity contribution < 1.29 is 19.4 Å². The Morgan fingerprint density at radius 1 is 0.844 bits per heavy atom. The lowest BCUT2D eigenvalue weighted by atomic mass is 9.96. The Labute approximate surface area is 187 Å². The molecule has 0 aromatic heterocycles. The van der Waals surface area contributed by atoms with E-state index in [2.05, 4.69) is 10.6 Å². The normalized spacial score (nSPS) is 13.4. The smallest absolute Gasteiger partial charge is 0.410 e. The van der Waals surface area contributed by atoms with E-state index in [0.717, 1.165) is 11.1 Å². The third-order valence-electron chi connectivity index (χ3n) is 4.95. The first-order valence-corrected chi connectivity index (χ1v) is 10.4. The summed E-state index contributed by atoms with van der Waals surface area (Å²) in [5, 5.41) is 16.2. The maximum Gasteiger partial charge on any atom is 0.412 e. The van der Waals surface area contributed by atoms with Crippen LogP contribution in [-0.2, 0) is 17.8 Å². The second-order valence-electron chi connectivity index (χ2n) is 7.36. The predicted molar refractivity (Wildman–Crippen MR) is 122 cm³/mol. The molecular weight excluding hydrogens is 406 g/mol. The molecule has 0 unspecified atom stereocenters. The monoisotopic (exact) mass is 433 g/mol. The molecule has 0 saturated heterocycles. The molecule has 3 atom stereocenters. The van der Waals surface area contributed by atoms with Crippen molar-refractivity contribution in [2.45, 2.75) is 31.2 Å². The minimum atomic E-state index is -1.34. The Morgan fingerprint density at radius 2 is 1.38 bits per heavy atom. The van der Waals surface area contributed by atoms with Gasteiger partial charge in [-0.2, -0.15) is 0 Å². The zero-order valence-corrected chi connectivity index (χ0v) is 17.6. The van der Waals surface area contributed by atoms with Gasteiger partial charge in [0.1, 0.15) is 11.8 Å². The fourth-order valence-electron chi connectivity index (χ4n) is 3.21. The number of amides is 2. The highest BCUT2D eigenvalue weighted by atomic mass is 16.6. The van der Waals surface area contributed by atoms with Gasteiger partial charge in [0.2, 0.25) is 5.91 Å². The molecule has 7 nitrogen and oxygen atoms in total. The highest BCUT2D eigenvalue weighted by Crippen LogP contribution is 2.12. The Kier molecular flexibility index (Phi) is 8.36. The van der Waals surface area contributed by atoms with Crippen LogP contribution >= 0.6 is 0 Å². The van der Waals surface area contributed by atoms with Crippen LogP contribution < -0.4 is 21.1 Å². The van der Waals surface area contributed by atoms with E-state index in [0.29, 0.717) is 5.75 Å². The summed E-state index contributed by atoms with van der Waals surface area (Å²) in [6.07, 6.45) is -1.81. The molecule has 0 fully saturated rings. The van der Waals surface area contributed by atoms with Crippen LogP contribution in [0.5, 0.6) is 5.75 Å². The molecule has 5 N–H and O–H groups in total. The number of carbonyl (C=O) groups excluding carboxylic acids is 2. The van der Waals surface area contributed by atoms with Crippen LogP contribution in [-0.4, -0.2) is 35.3 Å².